The van der Waals surface area contributed by atoms with Gasteiger partial charge in [0.15, 0.2) is 0 Å². The van der Waals surface area contributed by atoms with Crippen LogP contribution in [0, 0.1) is 0 Å². The highest BCUT2D eigenvalue weighted by Gasteiger charge is 1.72. The first-order chi connectivity index (χ1) is 2.27. The molecule has 0 saturated carbocycles. The maximum atomic E-state index is 10.9. The minimum absolute atomic E-state index is 0.796. The highest BCUT2D eigenvalue weighted by atomic mass is 31.1. The first-order valence-electron chi connectivity index (χ1n) is 1.09. The smallest absolute Gasteiger partial charge is 0.254 e. The summed E-state index contributed by atoms with van der Waals surface area (Å²) in [7, 11) is -2.86. The van der Waals surface area contributed by atoms with Crippen molar-refractivity contribution in [1.29, 1.82) is 0 Å². The predicted molar refractivity (Wildman–Crippen MR) is 20.3 cm³/mol. The zero-order valence-corrected chi connectivity index (χ0v) is 3.57. The number of rotatable bonds is 1. The van der Waals surface area contributed by atoms with Gasteiger partial charge in [-0.1, -0.05) is 6.58 Å². The molecule has 0 rings (SSSR count). The molecule has 1 nitrogen and oxygen atoms in total. The lowest BCUT2D eigenvalue weighted by molar-refractivity contribution is 0.567. The van der Waals surface area contributed by atoms with Crippen molar-refractivity contribution in [3.8, 4) is 0 Å². The maximum absolute atomic E-state index is 10.9. The van der Waals surface area contributed by atoms with Crippen LogP contribution in [-0.4, -0.2) is 0 Å². The van der Waals surface area contributed by atoms with E-state index in [9.17, 15) is 8.76 Å². The molecule has 1 unspecified atom stereocenters. The first kappa shape index (κ1) is 4.90. The van der Waals surface area contributed by atoms with Crippen LogP contribution < -0.4 is 0 Å². The van der Waals surface area contributed by atoms with Crippen LogP contribution in [0.5, 0.6) is 0 Å². The summed E-state index contributed by atoms with van der Waals surface area (Å²) >= 11 is 0. The van der Waals surface area contributed by atoms with E-state index in [0.29, 0.717) is 0 Å². The lowest BCUT2D eigenvalue weighted by atomic mass is 11.3. The average molecular weight is 94.0 g/mol. The van der Waals surface area contributed by atoms with E-state index in [1.807, 2.05) is 0 Å². The van der Waals surface area contributed by atoms with Crippen LogP contribution in [0.25, 0.3) is 0 Å². The maximum Gasteiger partial charge on any atom is 0.254 e. The molecular formula is C2H4FOP. The van der Waals surface area contributed by atoms with Crippen LogP contribution in [-0.2, 0) is 4.57 Å². The zero-order chi connectivity index (χ0) is 4.28. The molecule has 30 valence electrons. The van der Waals surface area contributed by atoms with Gasteiger partial charge in [0.1, 0.15) is 0 Å². The highest BCUT2D eigenvalue weighted by molar-refractivity contribution is 7.42. The van der Waals surface area contributed by atoms with Gasteiger partial charge in [-0.3, -0.25) is 4.57 Å². The monoisotopic (exact) mass is 94.0 g/mol. The van der Waals surface area contributed by atoms with Gasteiger partial charge in [0.05, 0.1) is 0 Å². The Labute approximate surface area is 30.4 Å². The van der Waals surface area contributed by atoms with Crippen molar-refractivity contribution in [2.45, 2.75) is 0 Å². The molecule has 0 aliphatic rings. The van der Waals surface area contributed by atoms with Gasteiger partial charge < -0.3 is 0 Å². The van der Waals surface area contributed by atoms with Crippen molar-refractivity contribution < 1.29 is 8.76 Å². The Morgan fingerprint density at radius 1 is 2.00 bits per heavy atom. The van der Waals surface area contributed by atoms with E-state index in [1.165, 1.54) is 0 Å². The largest absolute Gasteiger partial charge is 0.286 e. The lowest BCUT2D eigenvalue weighted by Gasteiger charge is -1.61. The van der Waals surface area contributed by atoms with Crippen LogP contribution in [0.1, 0.15) is 0 Å². The fraction of sp³-hybridized carbons (Fsp3) is 0. The van der Waals surface area contributed by atoms with E-state index >= 15 is 0 Å². The minimum atomic E-state index is -2.86. The van der Waals surface area contributed by atoms with Crippen LogP contribution in [0.15, 0.2) is 12.4 Å². The van der Waals surface area contributed by atoms with E-state index in [4.69, 9.17) is 0 Å². The predicted octanol–water partition coefficient (Wildman–Crippen LogP) is 1.57. The lowest BCUT2D eigenvalue weighted by Crippen LogP contribution is -1.21. The summed E-state index contributed by atoms with van der Waals surface area (Å²) in [5.41, 5.74) is 0. The summed E-state index contributed by atoms with van der Waals surface area (Å²) in [6.45, 7) is 2.92. The Morgan fingerprint density at radius 3 is 2.20 bits per heavy atom. The van der Waals surface area contributed by atoms with Crippen molar-refractivity contribution in [1.82, 2.24) is 0 Å². The van der Waals surface area contributed by atoms with Crippen LogP contribution in [0.4, 0.5) is 4.20 Å². The van der Waals surface area contributed by atoms with Crippen LogP contribution in [0.2, 0.25) is 0 Å². The molecular weight excluding hydrogens is 90.0 g/mol. The zero-order valence-electron chi connectivity index (χ0n) is 2.57. The molecule has 0 aromatic rings. The van der Waals surface area contributed by atoms with Crippen LogP contribution in [0.3, 0.4) is 0 Å². The van der Waals surface area contributed by atoms with Gasteiger partial charge in [-0.2, -0.15) is 4.20 Å². The van der Waals surface area contributed by atoms with E-state index in [-0.39, 0.29) is 0 Å². The molecule has 0 aliphatic carbocycles. The van der Waals surface area contributed by atoms with Gasteiger partial charge in [-0.15, -0.1) is 0 Å². The Balaban J connectivity index is 3.20. The van der Waals surface area contributed by atoms with Crippen molar-refractivity contribution in [3.05, 3.63) is 12.4 Å². The Bertz CT molecular complexity index is 60.7. The first-order valence-corrected chi connectivity index (χ1v) is 2.45. The van der Waals surface area contributed by atoms with E-state index in [0.717, 1.165) is 5.82 Å². The highest BCUT2D eigenvalue weighted by Crippen LogP contribution is 2.20. The van der Waals surface area contributed by atoms with E-state index in [1.54, 1.807) is 0 Å². The van der Waals surface area contributed by atoms with Gasteiger partial charge in [0, 0.05) is 0 Å². The van der Waals surface area contributed by atoms with Crippen molar-refractivity contribution in [3.63, 3.8) is 0 Å². The average Bonchev–Trinajstić information content (AvgIpc) is 1.38. The van der Waals surface area contributed by atoms with Gasteiger partial charge >= 0.3 is 0 Å². The Morgan fingerprint density at radius 2 is 2.20 bits per heavy atom. The molecule has 0 fully saturated rings. The third kappa shape index (κ3) is 3.90. The second-order valence-corrected chi connectivity index (χ2v) is 1.52. The summed E-state index contributed by atoms with van der Waals surface area (Å²) in [6.07, 6.45) is 0. The second-order valence-electron chi connectivity index (χ2n) is 0.508. The molecule has 0 amide bonds. The topological polar surface area (TPSA) is 17.1 Å². The minimum Gasteiger partial charge on any atom is -0.286 e. The molecule has 0 aromatic heterocycles. The molecule has 0 spiro atoms. The number of hydrogen-bond donors (Lipinski definition) is 0. The summed E-state index contributed by atoms with van der Waals surface area (Å²) < 4.78 is 20.1. The standard InChI is InChI=1S/C2H4FOP/c1-2-5(3)4/h2,5H,1H2. The van der Waals surface area contributed by atoms with E-state index < -0.39 is 8.11 Å². The third-order valence-electron chi connectivity index (χ3n) is 0.160. The molecule has 1 atom stereocenters. The summed E-state index contributed by atoms with van der Waals surface area (Å²) in [5.74, 6) is 0.796. The second kappa shape index (κ2) is 2.16. The fourth-order valence-corrected chi connectivity index (χ4v) is 0. The van der Waals surface area contributed by atoms with Gasteiger partial charge in [-0.25, -0.2) is 0 Å². The van der Waals surface area contributed by atoms with Gasteiger partial charge in [0.2, 0.25) is 0 Å². The molecule has 0 N–H and O–H groups in total. The number of halogens is 1. The number of hydrogen-bond acceptors (Lipinski definition) is 1. The molecule has 0 saturated heterocycles. The third-order valence-corrected chi connectivity index (χ3v) is 0.481. The Hall–Kier alpha value is -0.100. The molecule has 3 heteroatoms. The molecule has 0 radical (unpaired) electrons. The summed E-state index contributed by atoms with van der Waals surface area (Å²) in [5, 5.41) is 0. The van der Waals surface area contributed by atoms with Crippen molar-refractivity contribution in [2.75, 3.05) is 0 Å². The summed E-state index contributed by atoms with van der Waals surface area (Å²) in [6, 6.07) is 0. The van der Waals surface area contributed by atoms with Crippen LogP contribution >= 0.6 is 8.11 Å². The molecule has 0 aliphatic heterocycles. The Kier molecular flexibility index (Phi) is 2.11. The quantitative estimate of drug-likeness (QED) is 0.451. The van der Waals surface area contributed by atoms with Gasteiger partial charge in [0.25, 0.3) is 8.11 Å². The molecule has 0 bridgehead atoms. The van der Waals surface area contributed by atoms with Gasteiger partial charge in [-0.05, 0) is 5.82 Å². The fourth-order valence-electron chi connectivity index (χ4n) is 0. The SMILES string of the molecule is C=C[PH](=O)F. The molecule has 0 heterocycles. The normalized spacial score (nSPS) is 13.8. The van der Waals surface area contributed by atoms with E-state index in [2.05, 4.69) is 6.58 Å². The molecule has 5 heavy (non-hydrogen) atoms. The molecule has 0 aromatic carbocycles. The van der Waals surface area contributed by atoms with Crippen molar-refractivity contribution >= 4 is 8.11 Å². The summed E-state index contributed by atoms with van der Waals surface area (Å²) in [4.78, 5) is 0. The van der Waals surface area contributed by atoms with Crippen molar-refractivity contribution in [2.24, 2.45) is 0 Å².